The topological polar surface area (TPSA) is 98.4 Å². The van der Waals surface area contributed by atoms with Crippen LogP contribution in [0.2, 0.25) is 0 Å². The van der Waals surface area contributed by atoms with Crippen molar-refractivity contribution in [3.05, 3.63) is 113 Å². The molecule has 40 heavy (non-hydrogen) atoms. The number of methoxy groups -OCH3 is 3. The van der Waals surface area contributed by atoms with E-state index >= 15 is 0 Å². The number of hydrogen-bond acceptors (Lipinski definition) is 7. The maximum absolute atomic E-state index is 13.8. The third-order valence-corrected chi connectivity index (χ3v) is 6.55. The fourth-order valence-electron chi connectivity index (χ4n) is 4.54. The van der Waals surface area contributed by atoms with Crippen molar-refractivity contribution >= 4 is 17.5 Å². The van der Waals surface area contributed by atoms with Crippen LogP contribution in [0.5, 0.6) is 23.0 Å². The third-order valence-electron chi connectivity index (χ3n) is 6.55. The summed E-state index contributed by atoms with van der Waals surface area (Å²) in [5.41, 5.74) is 5.63. The summed E-state index contributed by atoms with van der Waals surface area (Å²) >= 11 is 0. The average Bonchev–Trinajstić information content (AvgIpc) is 3.01. The Bertz CT molecular complexity index is 1530. The fourth-order valence-corrected chi connectivity index (χ4v) is 4.54. The third kappa shape index (κ3) is 5.22. The molecule has 1 heterocycles. The van der Waals surface area contributed by atoms with Gasteiger partial charge in [0.25, 0.3) is 11.8 Å². The monoisotopic (exact) mass is 539 g/mol. The number of nitrogens with zero attached hydrogens (tertiary/aromatic N) is 1. The lowest BCUT2D eigenvalue weighted by atomic mass is 10.0. The highest BCUT2D eigenvalue weighted by molar-refractivity contribution is 6.04. The van der Waals surface area contributed by atoms with Gasteiger partial charge in [-0.25, -0.2) is 5.01 Å². The van der Waals surface area contributed by atoms with Gasteiger partial charge in [-0.05, 0) is 35.9 Å². The number of ether oxygens (including phenoxy) is 4. The fraction of sp³-hybridized carbons (Fsp3) is 0.161. The first-order chi connectivity index (χ1) is 19.5. The number of carbonyl (C=O) groups excluding carboxylic acids is 2. The summed E-state index contributed by atoms with van der Waals surface area (Å²) in [5.74, 6) is 0.827. The first-order valence-corrected chi connectivity index (χ1v) is 12.6. The molecular formula is C31H29N3O6. The second-order valence-corrected chi connectivity index (χ2v) is 8.93. The lowest BCUT2D eigenvalue weighted by Crippen LogP contribution is -2.53. The Morgan fingerprint density at radius 1 is 0.800 bits per heavy atom. The average molecular weight is 540 g/mol. The highest BCUT2D eigenvalue weighted by atomic mass is 16.5. The smallest absolute Gasteiger partial charge is 0.276 e. The van der Waals surface area contributed by atoms with Crippen LogP contribution >= 0.6 is 0 Å². The van der Waals surface area contributed by atoms with Crippen LogP contribution in [0.3, 0.4) is 0 Å². The van der Waals surface area contributed by atoms with Gasteiger partial charge in [-0.1, -0.05) is 54.6 Å². The van der Waals surface area contributed by atoms with Crippen LogP contribution in [-0.2, 0) is 6.61 Å². The standard InChI is InChI=1S/C31H29N3O6/c1-37-26-18-28(39-3)27(38-2)17-23(26)29-32-24-15-9-7-13-21(24)31(36)34(29)33-30(35)22-14-8-10-16-25(22)40-19-20-11-5-4-6-12-20/h4-18,29,32H,19H2,1-3H3,(H,33,35)/t29-/m0/s1. The Balaban J connectivity index is 1.50. The summed E-state index contributed by atoms with van der Waals surface area (Å²) in [7, 11) is 4.57. The Labute approximate surface area is 232 Å². The van der Waals surface area contributed by atoms with Crippen LogP contribution < -0.4 is 29.7 Å². The van der Waals surface area contributed by atoms with E-state index in [2.05, 4.69) is 10.7 Å². The van der Waals surface area contributed by atoms with E-state index < -0.39 is 18.0 Å². The first-order valence-electron chi connectivity index (χ1n) is 12.6. The molecule has 0 fully saturated rings. The molecule has 0 bridgehead atoms. The molecule has 0 unspecified atom stereocenters. The minimum Gasteiger partial charge on any atom is -0.496 e. The molecule has 9 nitrogen and oxygen atoms in total. The van der Waals surface area contributed by atoms with Crippen LogP contribution in [0.1, 0.15) is 38.0 Å². The molecule has 5 rings (SSSR count). The van der Waals surface area contributed by atoms with Crippen LogP contribution in [0, 0.1) is 0 Å². The molecule has 1 aliphatic rings. The molecule has 4 aromatic carbocycles. The summed E-state index contributed by atoms with van der Waals surface area (Å²) in [4.78, 5) is 27.5. The van der Waals surface area contributed by atoms with Crippen molar-refractivity contribution in [3.63, 3.8) is 0 Å². The van der Waals surface area contributed by atoms with Crippen molar-refractivity contribution in [3.8, 4) is 23.0 Å². The van der Waals surface area contributed by atoms with Gasteiger partial charge in [0.05, 0.1) is 32.5 Å². The first kappa shape index (κ1) is 26.4. The molecule has 4 aromatic rings. The second-order valence-electron chi connectivity index (χ2n) is 8.93. The van der Waals surface area contributed by atoms with Crippen molar-refractivity contribution in [1.82, 2.24) is 10.4 Å². The van der Waals surface area contributed by atoms with Gasteiger partial charge in [0.15, 0.2) is 17.7 Å². The minimum absolute atomic E-state index is 0.281. The normalized spacial score (nSPS) is 14.0. The minimum atomic E-state index is -0.835. The Morgan fingerprint density at radius 3 is 2.20 bits per heavy atom. The molecule has 0 aliphatic carbocycles. The van der Waals surface area contributed by atoms with E-state index in [1.165, 1.54) is 26.3 Å². The largest absolute Gasteiger partial charge is 0.496 e. The van der Waals surface area contributed by atoms with Crippen LogP contribution in [0.15, 0.2) is 91.0 Å². The summed E-state index contributed by atoms with van der Waals surface area (Å²) in [6.45, 7) is 0.286. The predicted octanol–water partition coefficient (Wildman–Crippen LogP) is 5.20. The molecule has 204 valence electrons. The number of hydrogen-bond donors (Lipinski definition) is 2. The number of para-hydroxylation sites is 2. The van der Waals surface area contributed by atoms with E-state index in [-0.39, 0.29) is 12.2 Å². The summed E-state index contributed by atoms with van der Waals surface area (Å²) in [5, 5.41) is 4.61. The summed E-state index contributed by atoms with van der Waals surface area (Å²) < 4.78 is 22.6. The molecule has 0 aromatic heterocycles. The molecule has 1 atom stereocenters. The van der Waals surface area contributed by atoms with Crippen molar-refractivity contribution < 1.29 is 28.5 Å². The van der Waals surface area contributed by atoms with Crippen LogP contribution in [-0.4, -0.2) is 38.2 Å². The number of anilines is 1. The van der Waals surface area contributed by atoms with Gasteiger partial charge < -0.3 is 24.3 Å². The van der Waals surface area contributed by atoms with Gasteiger partial charge in [0.2, 0.25) is 0 Å². The van der Waals surface area contributed by atoms with Gasteiger partial charge in [-0.2, -0.15) is 0 Å². The van der Waals surface area contributed by atoms with Gasteiger partial charge in [-0.3, -0.25) is 15.0 Å². The molecule has 2 amide bonds. The molecule has 1 aliphatic heterocycles. The van der Waals surface area contributed by atoms with E-state index in [1.54, 1.807) is 54.6 Å². The maximum atomic E-state index is 13.8. The molecular weight excluding hydrogens is 510 g/mol. The maximum Gasteiger partial charge on any atom is 0.276 e. The number of hydrazine groups is 1. The van der Waals surface area contributed by atoms with Crippen molar-refractivity contribution in [2.24, 2.45) is 0 Å². The molecule has 0 saturated carbocycles. The quantitative estimate of drug-likeness (QED) is 0.302. The lowest BCUT2D eigenvalue weighted by Gasteiger charge is -2.38. The molecule has 0 radical (unpaired) electrons. The number of amides is 2. The van der Waals surface area contributed by atoms with E-state index in [4.69, 9.17) is 18.9 Å². The van der Waals surface area contributed by atoms with Gasteiger partial charge in [0.1, 0.15) is 18.1 Å². The van der Waals surface area contributed by atoms with Gasteiger partial charge in [0, 0.05) is 17.3 Å². The Morgan fingerprint density at radius 2 is 1.45 bits per heavy atom. The predicted molar refractivity (Wildman–Crippen MR) is 150 cm³/mol. The summed E-state index contributed by atoms with van der Waals surface area (Å²) in [6.07, 6.45) is -0.835. The highest BCUT2D eigenvalue weighted by Gasteiger charge is 2.37. The van der Waals surface area contributed by atoms with E-state index in [0.717, 1.165) is 5.56 Å². The Kier molecular flexibility index (Phi) is 7.72. The molecule has 2 N–H and O–H groups in total. The zero-order chi connectivity index (χ0) is 28.1. The van der Waals surface area contributed by atoms with E-state index in [9.17, 15) is 9.59 Å². The number of nitrogens with one attached hydrogen (secondary N) is 2. The summed E-state index contributed by atoms with van der Waals surface area (Å²) in [6, 6.07) is 27.1. The molecule has 0 saturated heterocycles. The molecule has 0 spiro atoms. The van der Waals surface area contributed by atoms with Gasteiger partial charge in [-0.15, -0.1) is 0 Å². The van der Waals surface area contributed by atoms with Crippen molar-refractivity contribution in [1.29, 1.82) is 0 Å². The van der Waals surface area contributed by atoms with Crippen LogP contribution in [0.4, 0.5) is 5.69 Å². The lowest BCUT2D eigenvalue weighted by molar-refractivity contribution is 0.0486. The number of fused-ring (bicyclic) bond motifs is 1. The van der Waals surface area contributed by atoms with E-state index in [1.807, 2.05) is 36.4 Å². The van der Waals surface area contributed by atoms with Gasteiger partial charge >= 0.3 is 0 Å². The zero-order valence-electron chi connectivity index (χ0n) is 22.3. The SMILES string of the molecule is COc1cc(OC)c([C@H]2Nc3ccccc3C(=O)N2NC(=O)c2ccccc2OCc2ccccc2)cc1OC. The zero-order valence-corrected chi connectivity index (χ0v) is 22.3. The number of rotatable bonds is 9. The number of benzene rings is 4. The Hall–Kier alpha value is -5.18. The van der Waals surface area contributed by atoms with Crippen molar-refractivity contribution in [2.75, 3.05) is 26.6 Å². The second kappa shape index (κ2) is 11.7. The number of carbonyl (C=O) groups is 2. The van der Waals surface area contributed by atoms with E-state index in [0.29, 0.717) is 39.8 Å². The highest BCUT2D eigenvalue weighted by Crippen LogP contribution is 2.41. The van der Waals surface area contributed by atoms with Crippen molar-refractivity contribution in [2.45, 2.75) is 12.8 Å². The molecule has 9 heteroatoms. The van der Waals surface area contributed by atoms with Crippen LogP contribution in [0.25, 0.3) is 0 Å².